The summed E-state index contributed by atoms with van der Waals surface area (Å²) in [5, 5.41) is 0. The molecular weight excluding hydrogens is 142 g/mol. The molecule has 0 aromatic carbocycles. The van der Waals surface area contributed by atoms with E-state index in [2.05, 4.69) is 5.48 Å². The highest BCUT2D eigenvalue weighted by Crippen LogP contribution is 2.16. The number of hydrogen-bond acceptors (Lipinski definition) is 3. The van der Waals surface area contributed by atoms with Crippen LogP contribution in [-0.4, -0.2) is 11.9 Å². The molecule has 0 fully saturated rings. The number of hydrogen-bond donors (Lipinski definition) is 1. The molecule has 3 nitrogen and oxygen atoms in total. The predicted molar refractivity (Wildman–Crippen MR) is 39.4 cm³/mol. The Labute approximate surface area is 64.0 Å². The minimum absolute atomic E-state index is 0.0198. The van der Waals surface area contributed by atoms with Crippen LogP contribution < -0.4 is 5.48 Å². The number of carbonyl (C=O) groups excluding carboxylic acids is 1. The van der Waals surface area contributed by atoms with Crippen molar-refractivity contribution in [3.63, 3.8) is 0 Å². The fourth-order valence-electron chi connectivity index (χ4n) is 1.08. The molecule has 2 aliphatic rings. The lowest BCUT2D eigenvalue weighted by Crippen LogP contribution is -2.26. The molecule has 1 unspecified atom stereocenters. The Bertz CT molecular complexity index is 276. The van der Waals surface area contributed by atoms with E-state index in [9.17, 15) is 4.79 Å². The van der Waals surface area contributed by atoms with Crippen molar-refractivity contribution in [2.45, 2.75) is 6.10 Å². The Morgan fingerprint density at radius 3 is 3.27 bits per heavy atom. The van der Waals surface area contributed by atoms with E-state index in [1.807, 2.05) is 6.08 Å². The van der Waals surface area contributed by atoms with Gasteiger partial charge in [0.25, 0.3) is 0 Å². The van der Waals surface area contributed by atoms with Crippen molar-refractivity contribution in [2.75, 3.05) is 0 Å². The van der Waals surface area contributed by atoms with E-state index in [0.29, 0.717) is 0 Å². The molecule has 56 valence electrons. The van der Waals surface area contributed by atoms with Crippen LogP contribution in [0.2, 0.25) is 0 Å². The van der Waals surface area contributed by atoms with E-state index in [0.717, 1.165) is 5.57 Å². The van der Waals surface area contributed by atoms with E-state index >= 15 is 0 Å². The topological polar surface area (TPSA) is 38.3 Å². The number of allylic oxidation sites excluding steroid dienone is 2. The third-order valence-electron chi connectivity index (χ3n) is 1.61. The summed E-state index contributed by atoms with van der Waals surface area (Å²) >= 11 is 0. The van der Waals surface area contributed by atoms with Crippen molar-refractivity contribution in [3.8, 4) is 0 Å². The zero-order valence-corrected chi connectivity index (χ0v) is 5.78. The Kier molecular flexibility index (Phi) is 1.36. The molecule has 11 heavy (non-hydrogen) atoms. The van der Waals surface area contributed by atoms with Gasteiger partial charge in [0.15, 0.2) is 5.78 Å². The van der Waals surface area contributed by atoms with Gasteiger partial charge < -0.3 is 0 Å². The Hall–Kier alpha value is -1.35. The summed E-state index contributed by atoms with van der Waals surface area (Å²) in [7, 11) is 0. The highest BCUT2D eigenvalue weighted by Gasteiger charge is 2.17. The minimum Gasteiger partial charge on any atom is -0.290 e. The van der Waals surface area contributed by atoms with Gasteiger partial charge in [-0.3, -0.25) is 15.1 Å². The average molecular weight is 149 g/mol. The SMILES string of the molecule is O=C1C=CC2ONC=CC2=C1. The molecule has 1 heterocycles. The van der Waals surface area contributed by atoms with Crippen LogP contribution in [0, 0.1) is 0 Å². The lowest BCUT2D eigenvalue weighted by molar-refractivity contribution is -0.110. The van der Waals surface area contributed by atoms with Gasteiger partial charge in [0.05, 0.1) is 0 Å². The van der Waals surface area contributed by atoms with Crippen LogP contribution in [-0.2, 0) is 9.63 Å². The van der Waals surface area contributed by atoms with Crippen LogP contribution in [0.5, 0.6) is 0 Å². The fraction of sp³-hybridized carbons (Fsp3) is 0.125. The van der Waals surface area contributed by atoms with Gasteiger partial charge in [-0.25, -0.2) is 0 Å². The molecule has 1 aliphatic heterocycles. The highest BCUT2D eigenvalue weighted by molar-refractivity contribution is 6.01. The molecule has 1 N–H and O–H groups in total. The summed E-state index contributed by atoms with van der Waals surface area (Å²) in [6.07, 6.45) is 8.20. The van der Waals surface area contributed by atoms with E-state index in [4.69, 9.17) is 4.84 Å². The number of fused-ring (bicyclic) bond motifs is 1. The Balaban J connectivity index is 2.33. The molecule has 0 saturated carbocycles. The third-order valence-corrected chi connectivity index (χ3v) is 1.61. The molecular formula is C8H7NO2. The molecule has 0 bridgehead atoms. The average Bonchev–Trinajstić information content (AvgIpc) is 2.04. The van der Waals surface area contributed by atoms with Gasteiger partial charge >= 0.3 is 0 Å². The first-order chi connectivity index (χ1) is 5.36. The number of nitrogens with one attached hydrogen (secondary N) is 1. The molecule has 3 heteroatoms. The smallest absolute Gasteiger partial charge is 0.178 e. The van der Waals surface area contributed by atoms with Crippen LogP contribution in [0.15, 0.2) is 36.1 Å². The first-order valence-electron chi connectivity index (χ1n) is 3.38. The van der Waals surface area contributed by atoms with Crippen molar-refractivity contribution in [1.82, 2.24) is 5.48 Å². The lowest BCUT2D eigenvalue weighted by atomic mass is 10.0. The summed E-state index contributed by atoms with van der Waals surface area (Å²) in [4.78, 5) is 15.9. The second-order valence-electron chi connectivity index (χ2n) is 2.40. The first-order valence-corrected chi connectivity index (χ1v) is 3.38. The maximum atomic E-state index is 10.8. The quantitative estimate of drug-likeness (QED) is 0.544. The van der Waals surface area contributed by atoms with Gasteiger partial charge in [0.1, 0.15) is 6.10 Å². The summed E-state index contributed by atoms with van der Waals surface area (Å²) in [5.41, 5.74) is 3.51. The third kappa shape index (κ3) is 1.10. The van der Waals surface area contributed by atoms with Crippen molar-refractivity contribution >= 4 is 5.78 Å². The van der Waals surface area contributed by atoms with Gasteiger partial charge in [-0.05, 0) is 29.9 Å². The van der Waals surface area contributed by atoms with Gasteiger partial charge in [-0.2, -0.15) is 0 Å². The van der Waals surface area contributed by atoms with Crippen LogP contribution in [0.1, 0.15) is 0 Å². The second kappa shape index (κ2) is 2.36. The molecule has 0 aromatic heterocycles. The highest BCUT2D eigenvalue weighted by atomic mass is 16.7. The number of rotatable bonds is 0. The molecule has 0 aromatic rings. The summed E-state index contributed by atoms with van der Waals surface area (Å²) < 4.78 is 0. The summed E-state index contributed by atoms with van der Waals surface area (Å²) in [5.74, 6) is 0.0198. The van der Waals surface area contributed by atoms with Crippen molar-refractivity contribution < 1.29 is 9.63 Å². The number of ketones is 1. The monoisotopic (exact) mass is 149 g/mol. The second-order valence-corrected chi connectivity index (χ2v) is 2.40. The lowest BCUT2D eigenvalue weighted by Gasteiger charge is -2.20. The number of carbonyl (C=O) groups is 1. The summed E-state index contributed by atoms with van der Waals surface area (Å²) in [6, 6.07) is 0. The molecule has 0 saturated heterocycles. The molecule has 1 aliphatic carbocycles. The standard InChI is InChI=1S/C8H7NO2/c10-7-1-2-8-6(5-7)3-4-9-11-8/h1-5,8-9H. The van der Waals surface area contributed by atoms with Gasteiger partial charge in [0.2, 0.25) is 0 Å². The van der Waals surface area contributed by atoms with Crippen molar-refractivity contribution in [2.24, 2.45) is 0 Å². The zero-order valence-electron chi connectivity index (χ0n) is 5.78. The number of hydroxylamine groups is 1. The largest absolute Gasteiger partial charge is 0.290 e. The molecule has 0 radical (unpaired) electrons. The predicted octanol–water partition coefficient (Wildman–Crippen LogP) is 0.469. The van der Waals surface area contributed by atoms with E-state index in [1.54, 1.807) is 18.4 Å². The summed E-state index contributed by atoms with van der Waals surface area (Å²) in [6.45, 7) is 0. The van der Waals surface area contributed by atoms with Crippen LogP contribution in [0.3, 0.4) is 0 Å². The van der Waals surface area contributed by atoms with Crippen LogP contribution in [0.4, 0.5) is 0 Å². The van der Waals surface area contributed by atoms with Gasteiger partial charge in [-0.15, -0.1) is 0 Å². The van der Waals surface area contributed by atoms with Crippen molar-refractivity contribution in [3.05, 3.63) is 36.1 Å². The molecule has 1 atom stereocenters. The Morgan fingerprint density at radius 1 is 1.45 bits per heavy atom. The fourth-order valence-corrected chi connectivity index (χ4v) is 1.08. The molecule has 2 rings (SSSR count). The van der Waals surface area contributed by atoms with Crippen LogP contribution in [0.25, 0.3) is 0 Å². The van der Waals surface area contributed by atoms with Gasteiger partial charge in [-0.1, -0.05) is 0 Å². The maximum Gasteiger partial charge on any atom is 0.178 e. The van der Waals surface area contributed by atoms with E-state index < -0.39 is 0 Å². The molecule has 0 spiro atoms. The molecule has 0 amide bonds. The van der Waals surface area contributed by atoms with E-state index in [-0.39, 0.29) is 11.9 Å². The van der Waals surface area contributed by atoms with Gasteiger partial charge in [0, 0.05) is 6.20 Å². The first kappa shape index (κ1) is 6.37. The zero-order chi connectivity index (χ0) is 7.68. The Morgan fingerprint density at radius 2 is 2.36 bits per heavy atom. The minimum atomic E-state index is -0.0994. The maximum absolute atomic E-state index is 10.8. The van der Waals surface area contributed by atoms with E-state index in [1.165, 1.54) is 6.08 Å². The normalized spacial score (nSPS) is 27.5. The van der Waals surface area contributed by atoms with Crippen LogP contribution >= 0.6 is 0 Å². The van der Waals surface area contributed by atoms with Crippen molar-refractivity contribution in [1.29, 1.82) is 0 Å².